The van der Waals surface area contributed by atoms with E-state index in [1.807, 2.05) is 85.7 Å². The molecule has 0 saturated carbocycles. The van der Waals surface area contributed by atoms with Crippen molar-refractivity contribution in [2.45, 2.75) is 0 Å². The number of rotatable bonds is 4. The van der Waals surface area contributed by atoms with Crippen LogP contribution in [0, 0.1) is 0 Å². The Kier molecular flexibility index (Phi) is 4.62. The first-order valence-corrected chi connectivity index (χ1v) is 7.88. The third-order valence-corrected chi connectivity index (χ3v) is 3.87. The van der Waals surface area contributed by atoms with E-state index in [1.165, 1.54) is 0 Å². The van der Waals surface area contributed by atoms with Gasteiger partial charge in [-0.25, -0.2) is 0 Å². The van der Waals surface area contributed by atoms with E-state index in [2.05, 4.69) is 17.4 Å². The van der Waals surface area contributed by atoms with E-state index in [0.717, 1.165) is 22.5 Å². The van der Waals surface area contributed by atoms with E-state index in [1.54, 1.807) is 0 Å². The monoisotopic (exact) mass is 316 g/mol. The second-order valence-corrected chi connectivity index (χ2v) is 5.84. The average molecular weight is 316 g/mol. The summed E-state index contributed by atoms with van der Waals surface area (Å²) in [7, 11) is 3.92. The highest BCUT2D eigenvalue weighted by atomic mass is 16.1. The fourth-order valence-electron chi connectivity index (χ4n) is 2.51. The molecule has 3 aromatic carbocycles. The van der Waals surface area contributed by atoms with Crippen molar-refractivity contribution in [3.05, 3.63) is 84.4 Å². The summed E-state index contributed by atoms with van der Waals surface area (Å²) in [6.07, 6.45) is 0. The van der Waals surface area contributed by atoms with Crippen molar-refractivity contribution >= 4 is 17.3 Å². The molecule has 120 valence electrons. The average Bonchev–Trinajstić information content (AvgIpc) is 2.63. The van der Waals surface area contributed by atoms with Crippen LogP contribution in [-0.2, 0) is 0 Å². The van der Waals surface area contributed by atoms with Crippen molar-refractivity contribution in [1.29, 1.82) is 0 Å². The second kappa shape index (κ2) is 7.01. The fraction of sp³-hybridized carbons (Fsp3) is 0.0952. The molecular formula is C21H20N2O. The lowest BCUT2D eigenvalue weighted by molar-refractivity contribution is 0.102. The molecule has 0 radical (unpaired) electrons. The van der Waals surface area contributed by atoms with Gasteiger partial charge in [0, 0.05) is 31.0 Å². The Morgan fingerprint density at radius 1 is 0.792 bits per heavy atom. The number of amides is 1. The van der Waals surface area contributed by atoms with Gasteiger partial charge in [-0.05, 0) is 41.5 Å². The Morgan fingerprint density at radius 3 is 2.12 bits per heavy atom. The highest BCUT2D eigenvalue weighted by Gasteiger charge is 2.08. The summed E-state index contributed by atoms with van der Waals surface area (Å²) in [6, 6.07) is 25.6. The zero-order valence-electron chi connectivity index (χ0n) is 13.9. The molecule has 3 nitrogen and oxygen atoms in total. The Balaban J connectivity index is 1.74. The number of nitrogens with one attached hydrogen (secondary N) is 1. The van der Waals surface area contributed by atoms with Crippen LogP contribution in [0.3, 0.4) is 0 Å². The first-order valence-electron chi connectivity index (χ1n) is 7.88. The van der Waals surface area contributed by atoms with Crippen LogP contribution in [0.5, 0.6) is 0 Å². The number of hydrogen-bond acceptors (Lipinski definition) is 2. The normalized spacial score (nSPS) is 10.2. The van der Waals surface area contributed by atoms with Crippen LogP contribution in [0.4, 0.5) is 11.4 Å². The second-order valence-electron chi connectivity index (χ2n) is 5.84. The topological polar surface area (TPSA) is 32.3 Å². The molecule has 0 atom stereocenters. The van der Waals surface area contributed by atoms with Gasteiger partial charge >= 0.3 is 0 Å². The van der Waals surface area contributed by atoms with Gasteiger partial charge < -0.3 is 10.2 Å². The summed E-state index contributed by atoms with van der Waals surface area (Å²) in [5.74, 6) is -0.105. The van der Waals surface area contributed by atoms with Crippen molar-refractivity contribution in [1.82, 2.24) is 0 Å². The van der Waals surface area contributed by atoms with Crippen LogP contribution < -0.4 is 10.2 Å². The zero-order valence-corrected chi connectivity index (χ0v) is 13.9. The minimum atomic E-state index is -0.105. The first-order chi connectivity index (χ1) is 11.6. The first kappa shape index (κ1) is 15.8. The standard InChI is InChI=1S/C21H20N2O/c1-23(2)20-10-6-9-18(15-20)21(24)22-19-13-11-17(12-14-19)16-7-4-3-5-8-16/h3-15H,1-2H3,(H,22,24). The number of benzene rings is 3. The molecule has 0 spiro atoms. The lowest BCUT2D eigenvalue weighted by Crippen LogP contribution is -2.14. The maximum Gasteiger partial charge on any atom is 0.255 e. The van der Waals surface area contributed by atoms with Gasteiger partial charge in [0.05, 0.1) is 0 Å². The van der Waals surface area contributed by atoms with Crippen molar-refractivity contribution in [3.8, 4) is 11.1 Å². The van der Waals surface area contributed by atoms with E-state index in [4.69, 9.17) is 0 Å². The molecule has 3 rings (SSSR count). The van der Waals surface area contributed by atoms with Gasteiger partial charge in [-0.2, -0.15) is 0 Å². The molecule has 3 heteroatoms. The maximum atomic E-state index is 12.4. The Labute approximate surface area is 142 Å². The largest absolute Gasteiger partial charge is 0.378 e. The summed E-state index contributed by atoms with van der Waals surface area (Å²) >= 11 is 0. The Hall–Kier alpha value is -3.07. The van der Waals surface area contributed by atoms with Gasteiger partial charge in [0.25, 0.3) is 5.91 Å². The van der Waals surface area contributed by atoms with Crippen LogP contribution in [0.1, 0.15) is 10.4 Å². The number of nitrogens with zero attached hydrogens (tertiary/aromatic N) is 1. The van der Waals surface area contributed by atoms with Crippen molar-refractivity contribution in [2.24, 2.45) is 0 Å². The van der Waals surface area contributed by atoms with Gasteiger partial charge in [-0.15, -0.1) is 0 Å². The number of carbonyl (C=O) groups is 1. The fourth-order valence-corrected chi connectivity index (χ4v) is 2.51. The zero-order chi connectivity index (χ0) is 16.9. The summed E-state index contributed by atoms with van der Waals surface area (Å²) in [4.78, 5) is 14.4. The van der Waals surface area contributed by atoms with Crippen molar-refractivity contribution < 1.29 is 4.79 Å². The molecule has 1 amide bonds. The molecule has 0 saturated heterocycles. The highest BCUT2D eigenvalue weighted by Crippen LogP contribution is 2.21. The van der Waals surface area contributed by atoms with Gasteiger partial charge in [-0.1, -0.05) is 48.5 Å². The molecule has 0 bridgehead atoms. The molecule has 0 heterocycles. The number of anilines is 2. The predicted molar refractivity (Wildman–Crippen MR) is 101 cm³/mol. The molecule has 0 aliphatic rings. The summed E-state index contributed by atoms with van der Waals surface area (Å²) in [5.41, 5.74) is 4.72. The van der Waals surface area contributed by atoms with Gasteiger partial charge in [0.1, 0.15) is 0 Å². The minimum Gasteiger partial charge on any atom is -0.378 e. The van der Waals surface area contributed by atoms with Gasteiger partial charge in [0.2, 0.25) is 0 Å². The molecule has 0 unspecified atom stereocenters. The lowest BCUT2D eigenvalue weighted by Gasteiger charge is -2.13. The molecule has 0 fully saturated rings. The van der Waals surface area contributed by atoms with Crippen LogP contribution in [0.25, 0.3) is 11.1 Å². The number of hydrogen-bond donors (Lipinski definition) is 1. The quantitative estimate of drug-likeness (QED) is 0.758. The van der Waals surface area contributed by atoms with Crippen LogP contribution in [-0.4, -0.2) is 20.0 Å². The molecule has 0 aliphatic heterocycles. The molecule has 24 heavy (non-hydrogen) atoms. The lowest BCUT2D eigenvalue weighted by atomic mass is 10.1. The molecule has 0 aromatic heterocycles. The van der Waals surface area contributed by atoms with E-state index in [9.17, 15) is 4.79 Å². The molecular weight excluding hydrogens is 296 g/mol. The summed E-state index contributed by atoms with van der Waals surface area (Å²) in [6.45, 7) is 0. The van der Waals surface area contributed by atoms with Crippen LogP contribution in [0.2, 0.25) is 0 Å². The number of carbonyl (C=O) groups excluding carboxylic acids is 1. The third kappa shape index (κ3) is 3.63. The third-order valence-electron chi connectivity index (χ3n) is 3.87. The predicted octanol–water partition coefficient (Wildman–Crippen LogP) is 4.67. The summed E-state index contributed by atoms with van der Waals surface area (Å²) < 4.78 is 0. The summed E-state index contributed by atoms with van der Waals surface area (Å²) in [5, 5.41) is 2.95. The molecule has 1 N–H and O–H groups in total. The van der Waals surface area contributed by atoms with E-state index in [0.29, 0.717) is 5.56 Å². The van der Waals surface area contributed by atoms with Crippen molar-refractivity contribution in [3.63, 3.8) is 0 Å². The Bertz CT molecular complexity index is 824. The highest BCUT2D eigenvalue weighted by molar-refractivity contribution is 6.04. The van der Waals surface area contributed by atoms with E-state index < -0.39 is 0 Å². The van der Waals surface area contributed by atoms with Gasteiger partial charge in [-0.3, -0.25) is 4.79 Å². The van der Waals surface area contributed by atoms with Gasteiger partial charge in [0.15, 0.2) is 0 Å². The maximum absolute atomic E-state index is 12.4. The smallest absolute Gasteiger partial charge is 0.255 e. The van der Waals surface area contributed by atoms with E-state index in [-0.39, 0.29) is 5.91 Å². The SMILES string of the molecule is CN(C)c1cccc(C(=O)Nc2ccc(-c3ccccc3)cc2)c1. The van der Waals surface area contributed by atoms with Crippen molar-refractivity contribution in [2.75, 3.05) is 24.3 Å². The van der Waals surface area contributed by atoms with Crippen LogP contribution >= 0.6 is 0 Å². The van der Waals surface area contributed by atoms with E-state index >= 15 is 0 Å². The molecule has 3 aromatic rings. The minimum absolute atomic E-state index is 0.105. The Morgan fingerprint density at radius 2 is 1.46 bits per heavy atom. The molecule has 0 aliphatic carbocycles. The van der Waals surface area contributed by atoms with Crippen LogP contribution in [0.15, 0.2) is 78.9 Å².